The van der Waals surface area contributed by atoms with Crippen molar-refractivity contribution in [1.82, 2.24) is 4.90 Å². The smallest absolute Gasteiger partial charge is 0.138 e. The van der Waals surface area contributed by atoms with Gasteiger partial charge in [-0.05, 0) is 44.1 Å². The summed E-state index contributed by atoms with van der Waals surface area (Å²) in [5, 5.41) is 9.25. The Morgan fingerprint density at radius 1 is 1.28 bits per heavy atom. The van der Waals surface area contributed by atoms with Gasteiger partial charge in [-0.25, -0.2) is 0 Å². The molecule has 0 N–H and O–H groups in total. The van der Waals surface area contributed by atoms with E-state index in [0.29, 0.717) is 22.9 Å². The van der Waals surface area contributed by atoms with E-state index in [1.165, 1.54) is 32.4 Å². The summed E-state index contributed by atoms with van der Waals surface area (Å²) in [6.07, 6.45) is 3.92. The van der Waals surface area contributed by atoms with Crippen molar-refractivity contribution in [3.05, 3.63) is 28.8 Å². The third-order valence-corrected chi connectivity index (χ3v) is 3.47. The van der Waals surface area contributed by atoms with Crippen LogP contribution in [0.5, 0.6) is 5.75 Å². The van der Waals surface area contributed by atoms with Crippen molar-refractivity contribution >= 4 is 11.6 Å². The van der Waals surface area contributed by atoms with Gasteiger partial charge < -0.3 is 4.74 Å². The molecule has 1 aromatic rings. The molecule has 1 aliphatic heterocycles. The molecule has 0 saturated carbocycles. The molecule has 0 atom stereocenters. The predicted octanol–water partition coefficient (Wildman–Crippen LogP) is 3.08. The number of rotatable bonds is 4. The quantitative estimate of drug-likeness (QED) is 0.839. The first-order valence-corrected chi connectivity index (χ1v) is 6.72. The number of hydrogen-bond donors (Lipinski definition) is 0. The average Bonchev–Trinajstić information content (AvgIpc) is 2.42. The summed E-state index contributed by atoms with van der Waals surface area (Å²) >= 11 is 6.04. The highest BCUT2D eigenvalue weighted by Crippen LogP contribution is 2.25. The van der Waals surface area contributed by atoms with Gasteiger partial charge in [0.1, 0.15) is 12.4 Å². The molecule has 0 aliphatic carbocycles. The Kier molecular flexibility index (Phi) is 4.86. The number of nitriles is 1. The molecule has 1 aromatic carbocycles. The van der Waals surface area contributed by atoms with Gasteiger partial charge in [0.05, 0.1) is 16.7 Å². The van der Waals surface area contributed by atoms with Crippen molar-refractivity contribution in [2.45, 2.75) is 19.3 Å². The molecule has 0 bridgehead atoms. The van der Waals surface area contributed by atoms with Crippen molar-refractivity contribution in [1.29, 1.82) is 5.26 Å². The van der Waals surface area contributed by atoms with Crippen LogP contribution in [0.25, 0.3) is 0 Å². The molecule has 1 aliphatic rings. The van der Waals surface area contributed by atoms with E-state index in [0.717, 1.165) is 6.54 Å². The number of likely N-dealkylation sites (tertiary alicyclic amines) is 1. The van der Waals surface area contributed by atoms with Crippen LogP contribution >= 0.6 is 11.6 Å². The Bertz CT molecular complexity index is 436. The van der Waals surface area contributed by atoms with Gasteiger partial charge in [-0.1, -0.05) is 18.0 Å². The van der Waals surface area contributed by atoms with E-state index < -0.39 is 0 Å². The van der Waals surface area contributed by atoms with Crippen molar-refractivity contribution < 1.29 is 4.74 Å². The average molecular weight is 265 g/mol. The topological polar surface area (TPSA) is 36.3 Å². The zero-order valence-corrected chi connectivity index (χ0v) is 11.1. The molecule has 1 saturated heterocycles. The third kappa shape index (κ3) is 3.63. The summed E-state index contributed by atoms with van der Waals surface area (Å²) < 4.78 is 5.66. The maximum atomic E-state index is 8.74. The number of piperidine rings is 1. The highest BCUT2D eigenvalue weighted by molar-refractivity contribution is 6.32. The van der Waals surface area contributed by atoms with E-state index in [1.807, 2.05) is 0 Å². The van der Waals surface area contributed by atoms with Gasteiger partial charge in [-0.2, -0.15) is 5.26 Å². The third-order valence-electron chi connectivity index (χ3n) is 3.17. The van der Waals surface area contributed by atoms with Gasteiger partial charge in [0.25, 0.3) is 0 Å². The lowest BCUT2D eigenvalue weighted by Crippen LogP contribution is -2.33. The van der Waals surface area contributed by atoms with Crippen molar-refractivity contribution in [3.8, 4) is 11.8 Å². The van der Waals surface area contributed by atoms with Crippen LogP contribution in [0, 0.1) is 11.3 Å². The summed E-state index contributed by atoms with van der Waals surface area (Å²) in [4.78, 5) is 2.42. The van der Waals surface area contributed by atoms with Gasteiger partial charge in [0, 0.05) is 6.54 Å². The Labute approximate surface area is 113 Å². The maximum Gasteiger partial charge on any atom is 0.138 e. The van der Waals surface area contributed by atoms with Crippen LogP contribution in [-0.4, -0.2) is 31.1 Å². The van der Waals surface area contributed by atoms with Gasteiger partial charge in [-0.15, -0.1) is 0 Å². The summed E-state index contributed by atoms with van der Waals surface area (Å²) in [5.41, 5.74) is 0.559. The summed E-state index contributed by atoms with van der Waals surface area (Å²) in [6, 6.07) is 7.18. The number of nitrogens with zero attached hydrogens (tertiary/aromatic N) is 2. The summed E-state index contributed by atoms with van der Waals surface area (Å²) in [6.45, 7) is 3.93. The van der Waals surface area contributed by atoms with E-state index >= 15 is 0 Å². The molecule has 2 rings (SSSR count). The SMILES string of the molecule is N#Cc1ccc(OCCN2CCCCC2)c(Cl)c1. The minimum atomic E-state index is 0.507. The zero-order valence-electron chi connectivity index (χ0n) is 10.4. The van der Waals surface area contributed by atoms with Crippen molar-refractivity contribution in [3.63, 3.8) is 0 Å². The number of halogens is 1. The molecule has 3 nitrogen and oxygen atoms in total. The Hall–Kier alpha value is -1.24. The fraction of sp³-hybridized carbons (Fsp3) is 0.500. The van der Waals surface area contributed by atoms with Crippen LogP contribution in [-0.2, 0) is 0 Å². The predicted molar refractivity (Wildman–Crippen MR) is 72.0 cm³/mol. The molecule has 4 heteroatoms. The second kappa shape index (κ2) is 6.63. The number of ether oxygens (including phenoxy) is 1. The van der Waals surface area contributed by atoms with Gasteiger partial charge in [-0.3, -0.25) is 4.90 Å². The molecule has 0 aromatic heterocycles. The van der Waals surface area contributed by atoms with Crippen LogP contribution < -0.4 is 4.74 Å². The molecule has 1 heterocycles. The van der Waals surface area contributed by atoms with Crippen LogP contribution in [0.1, 0.15) is 24.8 Å². The molecule has 96 valence electrons. The largest absolute Gasteiger partial charge is 0.491 e. The molecule has 0 unspecified atom stereocenters. The Morgan fingerprint density at radius 3 is 2.72 bits per heavy atom. The monoisotopic (exact) mass is 264 g/mol. The van der Waals surface area contributed by atoms with E-state index in [2.05, 4.69) is 11.0 Å². The summed E-state index contributed by atoms with van der Waals surface area (Å²) in [5.74, 6) is 0.660. The van der Waals surface area contributed by atoms with Crippen LogP contribution in [0.4, 0.5) is 0 Å². The zero-order chi connectivity index (χ0) is 12.8. The van der Waals surface area contributed by atoms with Crippen LogP contribution in [0.15, 0.2) is 18.2 Å². The number of benzene rings is 1. The first-order valence-electron chi connectivity index (χ1n) is 6.34. The Balaban J connectivity index is 1.81. The normalized spacial score (nSPS) is 16.2. The van der Waals surface area contributed by atoms with E-state index in [1.54, 1.807) is 18.2 Å². The second-order valence-corrected chi connectivity index (χ2v) is 4.91. The molecule has 0 spiro atoms. The molecular formula is C14H17ClN2O. The van der Waals surface area contributed by atoms with Gasteiger partial charge >= 0.3 is 0 Å². The lowest BCUT2D eigenvalue weighted by molar-refractivity contribution is 0.183. The lowest BCUT2D eigenvalue weighted by Gasteiger charge is -2.26. The van der Waals surface area contributed by atoms with Gasteiger partial charge in [0.15, 0.2) is 0 Å². The molecule has 1 fully saturated rings. The Morgan fingerprint density at radius 2 is 2.06 bits per heavy atom. The lowest BCUT2D eigenvalue weighted by atomic mass is 10.1. The van der Waals surface area contributed by atoms with E-state index in [-0.39, 0.29) is 0 Å². The van der Waals surface area contributed by atoms with E-state index in [4.69, 9.17) is 21.6 Å². The molecular weight excluding hydrogens is 248 g/mol. The molecule has 18 heavy (non-hydrogen) atoms. The fourth-order valence-corrected chi connectivity index (χ4v) is 2.39. The minimum absolute atomic E-state index is 0.507. The molecule has 0 radical (unpaired) electrons. The maximum absolute atomic E-state index is 8.74. The molecule has 0 amide bonds. The highest BCUT2D eigenvalue weighted by Gasteiger charge is 2.10. The van der Waals surface area contributed by atoms with Gasteiger partial charge in [0.2, 0.25) is 0 Å². The van der Waals surface area contributed by atoms with Crippen molar-refractivity contribution in [2.75, 3.05) is 26.2 Å². The standard InChI is InChI=1S/C14H17ClN2O/c15-13-10-12(11-16)4-5-14(13)18-9-8-17-6-2-1-3-7-17/h4-5,10H,1-3,6-9H2. The van der Waals surface area contributed by atoms with E-state index in [9.17, 15) is 0 Å². The fourth-order valence-electron chi connectivity index (χ4n) is 2.16. The van der Waals surface area contributed by atoms with Crippen LogP contribution in [0.2, 0.25) is 5.02 Å². The second-order valence-electron chi connectivity index (χ2n) is 4.51. The first-order chi connectivity index (χ1) is 8.79. The van der Waals surface area contributed by atoms with Crippen molar-refractivity contribution in [2.24, 2.45) is 0 Å². The highest BCUT2D eigenvalue weighted by atomic mass is 35.5. The summed E-state index contributed by atoms with van der Waals surface area (Å²) in [7, 11) is 0. The minimum Gasteiger partial charge on any atom is -0.491 e. The first kappa shape index (κ1) is 13.2. The number of hydrogen-bond acceptors (Lipinski definition) is 3. The van der Waals surface area contributed by atoms with Crippen LogP contribution in [0.3, 0.4) is 0 Å².